The van der Waals surface area contributed by atoms with E-state index in [4.69, 9.17) is 5.73 Å². The normalized spacial score (nSPS) is 17.8. The maximum atomic E-state index is 5.47. The smallest absolute Gasteiger partial charge is 0.154 e. The number of rotatable bonds is 4. The van der Waals surface area contributed by atoms with E-state index >= 15 is 0 Å². The predicted octanol–water partition coefficient (Wildman–Crippen LogP) is 0.679. The Morgan fingerprint density at radius 3 is 2.86 bits per heavy atom. The third-order valence-electron chi connectivity index (χ3n) is 2.85. The van der Waals surface area contributed by atoms with Gasteiger partial charge in [0.15, 0.2) is 5.82 Å². The quantitative estimate of drug-likeness (QED) is 0.767. The number of hydrogen-bond acceptors (Lipinski definition) is 4. The van der Waals surface area contributed by atoms with Gasteiger partial charge in [-0.05, 0) is 36.2 Å². The SMILES string of the molecule is NCCCn1nnnc1C1CCCC1. The van der Waals surface area contributed by atoms with Crippen LogP contribution in [0.15, 0.2) is 0 Å². The molecule has 1 aliphatic rings. The maximum Gasteiger partial charge on any atom is 0.154 e. The molecule has 1 aromatic heterocycles. The van der Waals surface area contributed by atoms with Gasteiger partial charge in [-0.15, -0.1) is 5.10 Å². The number of aryl methyl sites for hydroxylation is 1. The molecule has 5 heteroatoms. The van der Waals surface area contributed by atoms with Gasteiger partial charge in [0.05, 0.1) is 0 Å². The largest absolute Gasteiger partial charge is 0.330 e. The number of hydrogen-bond donors (Lipinski definition) is 1. The van der Waals surface area contributed by atoms with Crippen LogP contribution in [0.3, 0.4) is 0 Å². The Morgan fingerprint density at radius 1 is 1.36 bits per heavy atom. The monoisotopic (exact) mass is 195 g/mol. The zero-order valence-corrected chi connectivity index (χ0v) is 8.39. The van der Waals surface area contributed by atoms with Crippen molar-refractivity contribution < 1.29 is 0 Å². The Labute approximate surface area is 83.7 Å². The van der Waals surface area contributed by atoms with E-state index in [1.54, 1.807) is 0 Å². The standard InChI is InChI=1S/C9H17N5/c10-6-3-7-14-9(11-12-13-14)8-4-1-2-5-8/h8H,1-7,10H2. The minimum absolute atomic E-state index is 0.586. The van der Waals surface area contributed by atoms with Gasteiger partial charge in [-0.25, -0.2) is 4.68 Å². The highest BCUT2D eigenvalue weighted by Gasteiger charge is 2.22. The summed E-state index contributed by atoms with van der Waals surface area (Å²) in [6.07, 6.45) is 6.06. The van der Waals surface area contributed by atoms with E-state index in [0.29, 0.717) is 12.5 Å². The van der Waals surface area contributed by atoms with Crippen LogP contribution in [0.2, 0.25) is 0 Å². The van der Waals surface area contributed by atoms with Crippen LogP contribution in [-0.4, -0.2) is 26.8 Å². The van der Waals surface area contributed by atoms with E-state index in [1.165, 1.54) is 25.7 Å². The van der Waals surface area contributed by atoms with Crippen molar-refractivity contribution in [1.82, 2.24) is 20.2 Å². The summed E-state index contributed by atoms with van der Waals surface area (Å²) in [6, 6.07) is 0. The predicted molar refractivity (Wildman–Crippen MR) is 52.7 cm³/mol. The second-order valence-corrected chi connectivity index (χ2v) is 3.88. The average Bonchev–Trinajstić information content (AvgIpc) is 2.84. The minimum atomic E-state index is 0.586. The summed E-state index contributed by atoms with van der Waals surface area (Å²) in [4.78, 5) is 0. The molecule has 0 unspecified atom stereocenters. The number of nitrogens with zero attached hydrogens (tertiary/aromatic N) is 4. The molecule has 14 heavy (non-hydrogen) atoms. The van der Waals surface area contributed by atoms with E-state index in [-0.39, 0.29) is 0 Å². The van der Waals surface area contributed by atoms with Gasteiger partial charge in [0.25, 0.3) is 0 Å². The Balaban J connectivity index is 2.04. The molecule has 1 aliphatic carbocycles. The van der Waals surface area contributed by atoms with E-state index in [2.05, 4.69) is 15.5 Å². The zero-order valence-electron chi connectivity index (χ0n) is 8.39. The van der Waals surface area contributed by atoms with Gasteiger partial charge < -0.3 is 5.73 Å². The molecule has 0 aromatic carbocycles. The molecule has 0 spiro atoms. The Morgan fingerprint density at radius 2 is 2.14 bits per heavy atom. The Bertz CT molecular complexity index is 276. The van der Waals surface area contributed by atoms with Gasteiger partial charge in [-0.3, -0.25) is 0 Å². The molecule has 2 rings (SSSR count). The fourth-order valence-corrected chi connectivity index (χ4v) is 2.09. The summed E-state index contributed by atoms with van der Waals surface area (Å²) in [6.45, 7) is 1.55. The molecule has 0 bridgehead atoms. The molecule has 78 valence electrons. The highest BCUT2D eigenvalue weighted by atomic mass is 15.5. The van der Waals surface area contributed by atoms with E-state index in [9.17, 15) is 0 Å². The first-order valence-electron chi connectivity index (χ1n) is 5.38. The number of aromatic nitrogens is 4. The lowest BCUT2D eigenvalue weighted by Gasteiger charge is -2.08. The third kappa shape index (κ3) is 1.92. The van der Waals surface area contributed by atoms with Crippen molar-refractivity contribution in [3.63, 3.8) is 0 Å². The van der Waals surface area contributed by atoms with E-state index in [0.717, 1.165) is 18.8 Å². The van der Waals surface area contributed by atoms with Crippen molar-refractivity contribution in [2.24, 2.45) is 5.73 Å². The average molecular weight is 195 g/mol. The Hall–Kier alpha value is -0.970. The van der Waals surface area contributed by atoms with Crippen LogP contribution in [0.5, 0.6) is 0 Å². The molecule has 1 heterocycles. The van der Waals surface area contributed by atoms with Crippen molar-refractivity contribution in [3.05, 3.63) is 5.82 Å². The molecule has 1 aromatic rings. The molecule has 0 aliphatic heterocycles. The fraction of sp³-hybridized carbons (Fsp3) is 0.889. The molecular formula is C9H17N5. The van der Waals surface area contributed by atoms with Gasteiger partial charge in [0.1, 0.15) is 0 Å². The van der Waals surface area contributed by atoms with Gasteiger partial charge >= 0.3 is 0 Å². The molecular weight excluding hydrogens is 178 g/mol. The first kappa shape index (κ1) is 9.58. The summed E-state index contributed by atoms with van der Waals surface area (Å²) < 4.78 is 1.92. The lowest BCUT2D eigenvalue weighted by Crippen LogP contribution is -2.12. The number of nitrogens with two attached hydrogens (primary N) is 1. The molecule has 1 saturated carbocycles. The highest BCUT2D eigenvalue weighted by molar-refractivity contribution is 4.96. The van der Waals surface area contributed by atoms with Gasteiger partial charge in [0.2, 0.25) is 0 Å². The van der Waals surface area contributed by atoms with E-state index in [1.807, 2.05) is 4.68 Å². The topological polar surface area (TPSA) is 69.6 Å². The summed E-state index contributed by atoms with van der Waals surface area (Å²) in [7, 11) is 0. The molecule has 0 radical (unpaired) electrons. The van der Waals surface area contributed by atoms with Crippen molar-refractivity contribution in [2.45, 2.75) is 44.6 Å². The molecule has 5 nitrogen and oxygen atoms in total. The zero-order chi connectivity index (χ0) is 9.80. The summed E-state index contributed by atoms with van der Waals surface area (Å²) >= 11 is 0. The van der Waals surface area contributed by atoms with Crippen LogP contribution in [0.1, 0.15) is 43.8 Å². The second-order valence-electron chi connectivity index (χ2n) is 3.88. The second kappa shape index (κ2) is 4.50. The van der Waals surface area contributed by atoms with Crippen LogP contribution >= 0.6 is 0 Å². The van der Waals surface area contributed by atoms with Gasteiger partial charge in [-0.2, -0.15) is 0 Å². The van der Waals surface area contributed by atoms with Crippen LogP contribution in [0.25, 0.3) is 0 Å². The van der Waals surface area contributed by atoms with Crippen molar-refractivity contribution in [1.29, 1.82) is 0 Å². The summed E-state index contributed by atoms with van der Waals surface area (Å²) in [5, 5.41) is 11.9. The molecule has 1 fully saturated rings. The van der Waals surface area contributed by atoms with Crippen molar-refractivity contribution in [2.75, 3.05) is 6.54 Å². The van der Waals surface area contributed by atoms with Crippen molar-refractivity contribution >= 4 is 0 Å². The lowest BCUT2D eigenvalue weighted by atomic mass is 10.1. The lowest BCUT2D eigenvalue weighted by molar-refractivity contribution is 0.514. The molecule has 0 atom stereocenters. The maximum absolute atomic E-state index is 5.47. The Kier molecular flexibility index (Phi) is 3.08. The van der Waals surface area contributed by atoms with Crippen molar-refractivity contribution in [3.8, 4) is 0 Å². The van der Waals surface area contributed by atoms with E-state index < -0.39 is 0 Å². The highest BCUT2D eigenvalue weighted by Crippen LogP contribution is 2.32. The summed E-state index contributed by atoms with van der Waals surface area (Å²) in [5.74, 6) is 1.65. The minimum Gasteiger partial charge on any atom is -0.330 e. The molecule has 0 saturated heterocycles. The third-order valence-corrected chi connectivity index (χ3v) is 2.85. The van der Waals surface area contributed by atoms with Crippen LogP contribution < -0.4 is 5.73 Å². The van der Waals surface area contributed by atoms with Gasteiger partial charge in [-0.1, -0.05) is 12.8 Å². The van der Waals surface area contributed by atoms with Gasteiger partial charge in [0, 0.05) is 12.5 Å². The fourth-order valence-electron chi connectivity index (χ4n) is 2.09. The van der Waals surface area contributed by atoms with Crippen LogP contribution in [-0.2, 0) is 6.54 Å². The first-order chi connectivity index (χ1) is 6.92. The first-order valence-corrected chi connectivity index (χ1v) is 5.38. The van der Waals surface area contributed by atoms with Crippen LogP contribution in [0, 0.1) is 0 Å². The van der Waals surface area contributed by atoms with Crippen LogP contribution in [0.4, 0.5) is 0 Å². The molecule has 0 amide bonds. The summed E-state index contributed by atoms with van der Waals surface area (Å²) in [5.41, 5.74) is 5.47. The number of tetrazole rings is 1. The molecule has 2 N–H and O–H groups in total.